The van der Waals surface area contributed by atoms with Gasteiger partial charge < -0.3 is 0 Å². The summed E-state index contributed by atoms with van der Waals surface area (Å²) in [6, 6.07) is 0. The number of carbonyl (C=O) groups is 2. The van der Waals surface area contributed by atoms with Gasteiger partial charge in [-0.1, -0.05) is 20.3 Å². The zero-order valence-electron chi connectivity index (χ0n) is 7.67. The molecule has 0 bridgehead atoms. The van der Waals surface area contributed by atoms with Crippen LogP contribution in [0, 0.1) is 5.92 Å². The smallest absolute Gasteiger partial charge is 0.238 e. The number of β-lactam (4-membered cyclic amide) rings is 2. The van der Waals surface area contributed by atoms with Crippen LogP contribution in [0.5, 0.6) is 0 Å². The van der Waals surface area contributed by atoms with E-state index in [1.165, 1.54) is 4.90 Å². The average Bonchev–Trinajstić information content (AvgIpc) is 2.02. The Bertz CT molecular complexity index is 187. The first-order valence-electron chi connectivity index (χ1n) is 4.48. The number of carbonyl (C=O) groups excluding carboxylic acids is 2. The summed E-state index contributed by atoms with van der Waals surface area (Å²) in [5.74, 6) is 0.425. The Morgan fingerprint density at radius 2 is 2.00 bits per heavy atom. The fourth-order valence-corrected chi connectivity index (χ4v) is 1.47. The Labute approximate surface area is 72.7 Å². The predicted molar refractivity (Wildman–Crippen MR) is 45.4 cm³/mol. The van der Waals surface area contributed by atoms with Crippen molar-refractivity contribution in [2.75, 3.05) is 6.54 Å². The third-order valence-electron chi connectivity index (χ3n) is 2.18. The summed E-state index contributed by atoms with van der Waals surface area (Å²) in [5, 5.41) is 0. The van der Waals surface area contributed by atoms with Crippen molar-refractivity contribution in [1.82, 2.24) is 4.90 Å². The predicted octanol–water partition coefficient (Wildman–Crippen LogP) is 1.18. The number of rotatable bonds is 4. The van der Waals surface area contributed by atoms with Gasteiger partial charge in [0.05, 0.1) is 0 Å². The van der Waals surface area contributed by atoms with Gasteiger partial charge in [-0.2, -0.15) is 0 Å². The van der Waals surface area contributed by atoms with Gasteiger partial charge in [0.25, 0.3) is 0 Å². The van der Waals surface area contributed by atoms with Crippen molar-refractivity contribution in [2.45, 2.75) is 33.1 Å². The summed E-state index contributed by atoms with van der Waals surface area (Å²) in [6.45, 7) is 4.80. The van der Waals surface area contributed by atoms with Crippen molar-refractivity contribution in [1.29, 1.82) is 0 Å². The molecule has 3 heteroatoms. The highest BCUT2D eigenvalue weighted by molar-refractivity contribution is 6.14. The lowest BCUT2D eigenvalue weighted by molar-refractivity contribution is -0.158. The van der Waals surface area contributed by atoms with Gasteiger partial charge in [0.15, 0.2) is 0 Å². The van der Waals surface area contributed by atoms with Crippen molar-refractivity contribution in [3.63, 3.8) is 0 Å². The van der Waals surface area contributed by atoms with E-state index < -0.39 is 0 Å². The van der Waals surface area contributed by atoms with E-state index in [4.69, 9.17) is 0 Å². The molecule has 1 rings (SSSR count). The zero-order valence-corrected chi connectivity index (χ0v) is 7.67. The number of imide groups is 1. The lowest BCUT2D eigenvalue weighted by Crippen LogP contribution is -2.50. The number of amides is 2. The first-order chi connectivity index (χ1) is 5.65. The van der Waals surface area contributed by atoms with Gasteiger partial charge in [-0.25, -0.2) is 0 Å². The minimum atomic E-state index is -0.0112. The summed E-state index contributed by atoms with van der Waals surface area (Å²) in [6.07, 6.45) is 2.31. The summed E-state index contributed by atoms with van der Waals surface area (Å²) in [5.41, 5.74) is 0. The second-order valence-corrected chi connectivity index (χ2v) is 3.47. The van der Waals surface area contributed by atoms with Crippen molar-refractivity contribution in [3.8, 4) is 0 Å². The molecule has 1 saturated heterocycles. The Hall–Kier alpha value is -0.860. The molecule has 1 aliphatic rings. The number of hydrogen-bond acceptors (Lipinski definition) is 2. The maximum atomic E-state index is 10.9. The summed E-state index contributed by atoms with van der Waals surface area (Å²) in [4.78, 5) is 23.1. The minimum absolute atomic E-state index is 0.0112. The highest BCUT2D eigenvalue weighted by Gasteiger charge is 2.34. The minimum Gasteiger partial charge on any atom is -0.281 e. The molecule has 68 valence electrons. The first-order valence-corrected chi connectivity index (χ1v) is 4.48. The molecule has 1 fully saturated rings. The lowest BCUT2D eigenvalue weighted by atomic mass is 10.0. The first kappa shape index (κ1) is 9.23. The molecule has 1 unspecified atom stereocenters. The molecule has 1 atom stereocenters. The number of nitrogens with zero attached hydrogens (tertiary/aromatic N) is 1. The van der Waals surface area contributed by atoms with E-state index in [0.29, 0.717) is 12.5 Å². The third kappa shape index (κ3) is 1.84. The SMILES string of the molecule is CCCC(C)CN1C(=O)CC1=O. The molecular weight excluding hydrogens is 154 g/mol. The van der Waals surface area contributed by atoms with Crippen molar-refractivity contribution < 1.29 is 9.59 Å². The van der Waals surface area contributed by atoms with E-state index in [2.05, 4.69) is 13.8 Å². The summed E-state index contributed by atoms with van der Waals surface area (Å²) in [7, 11) is 0. The van der Waals surface area contributed by atoms with Gasteiger partial charge in [0.2, 0.25) is 11.8 Å². The maximum Gasteiger partial charge on any atom is 0.238 e. The Balaban J connectivity index is 2.30. The molecular formula is C9H15NO2. The molecule has 0 saturated carbocycles. The molecule has 0 spiro atoms. The molecule has 0 aromatic carbocycles. The van der Waals surface area contributed by atoms with Crippen LogP contribution in [0.1, 0.15) is 33.1 Å². The maximum absolute atomic E-state index is 10.9. The van der Waals surface area contributed by atoms with Crippen LogP contribution < -0.4 is 0 Å². The summed E-state index contributed by atoms with van der Waals surface area (Å²) >= 11 is 0. The van der Waals surface area contributed by atoms with Crippen LogP contribution in [0.3, 0.4) is 0 Å². The number of hydrogen-bond donors (Lipinski definition) is 0. The van der Waals surface area contributed by atoms with Crippen molar-refractivity contribution in [3.05, 3.63) is 0 Å². The van der Waals surface area contributed by atoms with E-state index >= 15 is 0 Å². The van der Waals surface area contributed by atoms with Crippen LogP contribution in [0.2, 0.25) is 0 Å². The fraction of sp³-hybridized carbons (Fsp3) is 0.778. The van der Waals surface area contributed by atoms with Crippen LogP contribution in [0.15, 0.2) is 0 Å². The topological polar surface area (TPSA) is 37.4 Å². The molecule has 1 heterocycles. The van der Waals surface area contributed by atoms with Gasteiger partial charge in [0.1, 0.15) is 6.42 Å². The Kier molecular flexibility index (Phi) is 2.84. The van der Waals surface area contributed by atoms with Gasteiger partial charge >= 0.3 is 0 Å². The van der Waals surface area contributed by atoms with Crippen LogP contribution in [0.4, 0.5) is 0 Å². The van der Waals surface area contributed by atoms with Crippen molar-refractivity contribution in [2.24, 2.45) is 5.92 Å². The van der Waals surface area contributed by atoms with Crippen LogP contribution in [0.25, 0.3) is 0 Å². The van der Waals surface area contributed by atoms with E-state index in [9.17, 15) is 9.59 Å². The van der Waals surface area contributed by atoms with Gasteiger partial charge in [0, 0.05) is 6.54 Å². The largest absolute Gasteiger partial charge is 0.281 e. The second-order valence-electron chi connectivity index (χ2n) is 3.47. The van der Waals surface area contributed by atoms with Crippen LogP contribution in [-0.4, -0.2) is 23.3 Å². The normalized spacial score (nSPS) is 19.3. The zero-order chi connectivity index (χ0) is 9.14. The van der Waals surface area contributed by atoms with Crippen LogP contribution in [-0.2, 0) is 9.59 Å². The van der Waals surface area contributed by atoms with Gasteiger partial charge in [-0.15, -0.1) is 0 Å². The van der Waals surface area contributed by atoms with Gasteiger partial charge in [-0.05, 0) is 12.3 Å². The van der Waals surface area contributed by atoms with E-state index in [1.807, 2.05) is 0 Å². The van der Waals surface area contributed by atoms with E-state index in [0.717, 1.165) is 12.8 Å². The standard InChI is InChI=1S/C9H15NO2/c1-3-4-7(2)6-10-8(11)5-9(10)12/h7H,3-6H2,1-2H3. The average molecular weight is 169 g/mol. The molecule has 0 N–H and O–H groups in total. The molecule has 12 heavy (non-hydrogen) atoms. The summed E-state index contributed by atoms with van der Waals surface area (Å²) < 4.78 is 0. The highest BCUT2D eigenvalue weighted by atomic mass is 16.2. The van der Waals surface area contributed by atoms with Crippen LogP contribution >= 0.6 is 0 Å². The molecule has 2 amide bonds. The third-order valence-corrected chi connectivity index (χ3v) is 2.18. The molecule has 1 aliphatic heterocycles. The van der Waals surface area contributed by atoms with Gasteiger partial charge in [-0.3, -0.25) is 14.5 Å². The van der Waals surface area contributed by atoms with E-state index in [-0.39, 0.29) is 18.2 Å². The molecule has 0 radical (unpaired) electrons. The van der Waals surface area contributed by atoms with E-state index in [1.54, 1.807) is 0 Å². The second kappa shape index (κ2) is 3.70. The fourth-order valence-electron chi connectivity index (χ4n) is 1.47. The lowest BCUT2D eigenvalue weighted by Gasteiger charge is -2.30. The quantitative estimate of drug-likeness (QED) is 0.468. The number of likely N-dealkylation sites (tertiary alicyclic amines) is 1. The molecule has 0 aliphatic carbocycles. The highest BCUT2D eigenvalue weighted by Crippen LogP contribution is 2.15. The Morgan fingerprint density at radius 1 is 1.42 bits per heavy atom. The molecule has 0 aromatic rings. The molecule has 0 aromatic heterocycles. The molecule has 3 nitrogen and oxygen atoms in total. The monoisotopic (exact) mass is 169 g/mol. The van der Waals surface area contributed by atoms with Crippen molar-refractivity contribution >= 4 is 11.8 Å². The Morgan fingerprint density at radius 3 is 2.42 bits per heavy atom.